The third kappa shape index (κ3) is 6.86. The summed E-state index contributed by atoms with van der Waals surface area (Å²) in [6, 6.07) is 0. The Morgan fingerprint density at radius 2 is 1.94 bits per heavy atom. The molecule has 0 fully saturated rings. The molecule has 2 nitrogen and oxygen atoms in total. The quantitative estimate of drug-likeness (QED) is 0.654. The molecule has 0 spiro atoms. The maximum atomic E-state index is 4.49. The second-order valence-electron chi connectivity index (χ2n) is 5.31. The van der Waals surface area contributed by atoms with Crippen molar-refractivity contribution in [1.29, 1.82) is 0 Å². The number of aliphatic imine (C=N–C) groups is 1. The molecule has 94 valence electrons. The summed E-state index contributed by atoms with van der Waals surface area (Å²) in [7, 11) is 0. The zero-order valence-electron chi connectivity index (χ0n) is 11.1. The molecule has 0 bridgehead atoms. The fourth-order valence-corrected chi connectivity index (χ4v) is 2.11. The lowest BCUT2D eigenvalue weighted by atomic mass is 10.0. The summed E-state index contributed by atoms with van der Waals surface area (Å²) in [6.07, 6.45) is 10.6. The molecule has 16 heavy (non-hydrogen) atoms. The van der Waals surface area contributed by atoms with Crippen LogP contribution in [0.3, 0.4) is 0 Å². The number of nitrogens with one attached hydrogen (secondary N) is 1. The molecule has 0 aromatic rings. The van der Waals surface area contributed by atoms with Gasteiger partial charge >= 0.3 is 0 Å². The monoisotopic (exact) mass is 224 g/mol. The highest BCUT2D eigenvalue weighted by Crippen LogP contribution is 2.09. The van der Waals surface area contributed by atoms with Crippen LogP contribution < -0.4 is 5.32 Å². The van der Waals surface area contributed by atoms with Crippen LogP contribution in [0.25, 0.3) is 0 Å². The lowest BCUT2D eigenvalue weighted by Gasteiger charge is -2.13. The molecule has 0 radical (unpaired) electrons. The van der Waals surface area contributed by atoms with Crippen molar-refractivity contribution >= 4 is 5.84 Å². The summed E-state index contributed by atoms with van der Waals surface area (Å²) >= 11 is 0. The van der Waals surface area contributed by atoms with E-state index < -0.39 is 0 Å². The molecule has 1 N–H and O–H groups in total. The molecule has 0 aromatic carbocycles. The van der Waals surface area contributed by atoms with Crippen LogP contribution in [0.1, 0.15) is 65.2 Å². The zero-order valence-corrected chi connectivity index (χ0v) is 11.1. The van der Waals surface area contributed by atoms with E-state index in [1.54, 1.807) is 0 Å². The standard InChI is InChI=1S/C14H28N2/c1-13(2)9-5-3-4-7-11-15-14-10-6-8-12-16-14/h13H,3-12H2,1-2H3,(H,15,16). The summed E-state index contributed by atoms with van der Waals surface area (Å²) in [5, 5.41) is 3.47. The van der Waals surface area contributed by atoms with Gasteiger partial charge in [-0.2, -0.15) is 0 Å². The van der Waals surface area contributed by atoms with Crippen molar-refractivity contribution in [2.75, 3.05) is 13.1 Å². The third-order valence-electron chi connectivity index (χ3n) is 3.16. The minimum absolute atomic E-state index is 0.870. The number of hydrogen-bond acceptors (Lipinski definition) is 2. The topological polar surface area (TPSA) is 24.4 Å². The summed E-state index contributed by atoms with van der Waals surface area (Å²) in [4.78, 5) is 4.49. The molecule has 0 aromatic heterocycles. The Hall–Kier alpha value is -0.530. The largest absolute Gasteiger partial charge is 0.374 e. The highest BCUT2D eigenvalue weighted by atomic mass is 15.0. The van der Waals surface area contributed by atoms with Crippen molar-refractivity contribution in [3.63, 3.8) is 0 Å². The molecule has 0 atom stereocenters. The maximum Gasteiger partial charge on any atom is 0.0963 e. The second-order valence-corrected chi connectivity index (χ2v) is 5.31. The molecule has 1 aliphatic heterocycles. The normalized spacial score (nSPS) is 16.3. The highest BCUT2D eigenvalue weighted by molar-refractivity contribution is 5.82. The van der Waals surface area contributed by atoms with E-state index in [2.05, 4.69) is 24.2 Å². The Labute approximate surface area is 101 Å². The van der Waals surface area contributed by atoms with Crippen molar-refractivity contribution in [3.8, 4) is 0 Å². The molecule has 1 aliphatic rings. The summed E-state index contributed by atoms with van der Waals surface area (Å²) in [5.74, 6) is 2.13. The van der Waals surface area contributed by atoms with Crippen molar-refractivity contribution in [2.45, 2.75) is 65.2 Å². The van der Waals surface area contributed by atoms with Crippen LogP contribution >= 0.6 is 0 Å². The Kier molecular flexibility index (Phi) is 7.28. The van der Waals surface area contributed by atoms with Gasteiger partial charge in [-0.15, -0.1) is 0 Å². The van der Waals surface area contributed by atoms with E-state index in [4.69, 9.17) is 0 Å². The van der Waals surface area contributed by atoms with Crippen molar-refractivity contribution < 1.29 is 0 Å². The second kappa shape index (κ2) is 8.60. The first-order valence-electron chi connectivity index (χ1n) is 7.06. The molecule has 0 saturated carbocycles. The van der Waals surface area contributed by atoms with Gasteiger partial charge in [0.05, 0.1) is 5.84 Å². The average molecular weight is 224 g/mol. The maximum absolute atomic E-state index is 4.49. The van der Waals surface area contributed by atoms with Gasteiger partial charge < -0.3 is 5.32 Å². The van der Waals surface area contributed by atoms with Gasteiger partial charge in [0.25, 0.3) is 0 Å². The Morgan fingerprint density at radius 1 is 1.12 bits per heavy atom. The van der Waals surface area contributed by atoms with Crippen molar-refractivity contribution in [2.24, 2.45) is 10.9 Å². The van der Waals surface area contributed by atoms with Crippen LogP contribution in [0.4, 0.5) is 0 Å². The smallest absolute Gasteiger partial charge is 0.0963 e. The predicted molar refractivity (Wildman–Crippen MR) is 72.1 cm³/mol. The Morgan fingerprint density at radius 3 is 2.62 bits per heavy atom. The molecular weight excluding hydrogens is 196 g/mol. The van der Waals surface area contributed by atoms with Gasteiger partial charge in [-0.05, 0) is 25.2 Å². The van der Waals surface area contributed by atoms with E-state index in [0.717, 1.165) is 19.0 Å². The summed E-state index contributed by atoms with van der Waals surface area (Å²) in [6.45, 7) is 6.78. The van der Waals surface area contributed by atoms with E-state index in [9.17, 15) is 0 Å². The average Bonchev–Trinajstić information content (AvgIpc) is 2.29. The first kappa shape index (κ1) is 13.5. The lowest BCUT2D eigenvalue weighted by Crippen LogP contribution is -2.26. The molecule has 2 heteroatoms. The van der Waals surface area contributed by atoms with E-state index >= 15 is 0 Å². The zero-order chi connectivity index (χ0) is 11.6. The third-order valence-corrected chi connectivity index (χ3v) is 3.16. The number of rotatable bonds is 7. The van der Waals surface area contributed by atoms with Gasteiger partial charge in [0.1, 0.15) is 0 Å². The van der Waals surface area contributed by atoms with Crippen LogP contribution in [-0.2, 0) is 0 Å². The molecule has 0 amide bonds. The van der Waals surface area contributed by atoms with Gasteiger partial charge in [0, 0.05) is 19.5 Å². The van der Waals surface area contributed by atoms with Crippen LogP contribution in [0.5, 0.6) is 0 Å². The molecule has 0 saturated heterocycles. The molecule has 0 aliphatic carbocycles. The minimum atomic E-state index is 0.870. The number of amidine groups is 1. The van der Waals surface area contributed by atoms with Gasteiger partial charge in [-0.1, -0.05) is 39.5 Å². The molecule has 1 rings (SSSR count). The fourth-order valence-electron chi connectivity index (χ4n) is 2.11. The number of nitrogens with zero attached hydrogens (tertiary/aromatic N) is 1. The van der Waals surface area contributed by atoms with E-state index in [1.807, 2.05) is 0 Å². The van der Waals surface area contributed by atoms with Crippen LogP contribution in [0, 0.1) is 5.92 Å². The minimum Gasteiger partial charge on any atom is -0.374 e. The lowest BCUT2D eigenvalue weighted by molar-refractivity contribution is 0.518. The fraction of sp³-hybridized carbons (Fsp3) is 0.929. The summed E-state index contributed by atoms with van der Waals surface area (Å²) < 4.78 is 0. The summed E-state index contributed by atoms with van der Waals surface area (Å²) in [5.41, 5.74) is 0. The number of unbranched alkanes of at least 4 members (excludes halogenated alkanes) is 3. The first-order chi connectivity index (χ1) is 7.79. The van der Waals surface area contributed by atoms with Crippen LogP contribution in [0.15, 0.2) is 4.99 Å². The Bertz CT molecular complexity index is 197. The molecule has 1 heterocycles. The van der Waals surface area contributed by atoms with E-state index in [-0.39, 0.29) is 0 Å². The van der Waals surface area contributed by atoms with Crippen molar-refractivity contribution in [1.82, 2.24) is 5.32 Å². The molecule has 0 unspecified atom stereocenters. The van der Waals surface area contributed by atoms with E-state index in [1.165, 1.54) is 57.2 Å². The number of hydrogen-bond donors (Lipinski definition) is 1. The van der Waals surface area contributed by atoms with Gasteiger partial charge in [0.15, 0.2) is 0 Å². The highest BCUT2D eigenvalue weighted by Gasteiger charge is 2.03. The SMILES string of the molecule is CC(C)CCCCCCNC1=NCCCC1. The van der Waals surface area contributed by atoms with Gasteiger partial charge in [-0.25, -0.2) is 0 Å². The van der Waals surface area contributed by atoms with Crippen molar-refractivity contribution in [3.05, 3.63) is 0 Å². The molecular formula is C14H28N2. The van der Waals surface area contributed by atoms with E-state index in [0.29, 0.717) is 0 Å². The predicted octanol–water partition coefficient (Wildman–Crippen LogP) is 3.76. The first-order valence-corrected chi connectivity index (χ1v) is 7.06. The van der Waals surface area contributed by atoms with Gasteiger partial charge in [-0.3, -0.25) is 4.99 Å². The van der Waals surface area contributed by atoms with Gasteiger partial charge in [0.2, 0.25) is 0 Å². The van der Waals surface area contributed by atoms with Crippen LogP contribution in [0.2, 0.25) is 0 Å². The van der Waals surface area contributed by atoms with Crippen LogP contribution in [-0.4, -0.2) is 18.9 Å². The Balaban J connectivity index is 1.86.